The summed E-state index contributed by atoms with van der Waals surface area (Å²) in [4.78, 5) is 0. The van der Waals surface area contributed by atoms with Gasteiger partial charge in [-0.05, 0) is 275 Å². The molecule has 234 valence electrons. The first-order valence-corrected chi connectivity index (χ1v) is 21.5. The van der Waals surface area contributed by atoms with Gasteiger partial charge in [0.05, 0.1) is 0 Å². The van der Waals surface area contributed by atoms with E-state index in [4.69, 9.17) is 0 Å². The van der Waals surface area contributed by atoms with Crippen LogP contribution in [0, 0.1) is 21.4 Å². The lowest BCUT2D eigenvalue weighted by Crippen LogP contribution is -2.02. The standard InChI is InChI=1S/C42H24I6/c43-31-13-1-25(2-14-31)37-38(26-3-15-32(44)16-4-26)40(28-7-19-34(46)20-8-28)42(30-11-23-36(48)24-12-30)41(29-9-21-35(47)22-10-29)39(37)27-5-17-33(45)18-6-27/h1-24H. The van der Waals surface area contributed by atoms with Crippen molar-refractivity contribution in [1.82, 2.24) is 0 Å². The van der Waals surface area contributed by atoms with Crippen LogP contribution >= 0.6 is 136 Å². The Bertz CT molecular complexity index is 1780. The zero-order valence-corrected chi connectivity index (χ0v) is 38.1. The smallest absolute Gasteiger partial charge is 0.0130 e. The fourth-order valence-corrected chi connectivity index (χ4v) is 8.34. The van der Waals surface area contributed by atoms with Crippen molar-refractivity contribution in [3.8, 4) is 66.8 Å². The number of hydrogen-bond donors (Lipinski definition) is 0. The lowest BCUT2D eigenvalue weighted by atomic mass is 9.74. The number of hydrogen-bond acceptors (Lipinski definition) is 0. The molecule has 0 heterocycles. The van der Waals surface area contributed by atoms with Crippen LogP contribution in [0.15, 0.2) is 146 Å². The average molecular weight is 1290 g/mol. The molecule has 0 atom stereocenters. The van der Waals surface area contributed by atoms with E-state index in [1.54, 1.807) is 0 Å². The van der Waals surface area contributed by atoms with Crippen LogP contribution in [0.3, 0.4) is 0 Å². The van der Waals surface area contributed by atoms with E-state index in [1.807, 2.05) is 0 Å². The van der Waals surface area contributed by atoms with Crippen LogP contribution < -0.4 is 0 Å². The van der Waals surface area contributed by atoms with E-state index in [-0.39, 0.29) is 0 Å². The van der Waals surface area contributed by atoms with Crippen LogP contribution in [0.1, 0.15) is 0 Å². The highest BCUT2D eigenvalue weighted by atomic mass is 127. The van der Waals surface area contributed by atoms with Gasteiger partial charge >= 0.3 is 0 Å². The van der Waals surface area contributed by atoms with Gasteiger partial charge in [0.25, 0.3) is 0 Å². The van der Waals surface area contributed by atoms with Gasteiger partial charge in [-0.1, -0.05) is 72.8 Å². The predicted molar refractivity (Wildman–Crippen MR) is 255 cm³/mol. The SMILES string of the molecule is Ic1ccc(-c2c(-c3ccc(I)cc3)c(-c3ccc(I)cc3)c(-c3ccc(I)cc3)c(-c3ccc(I)cc3)c2-c2ccc(I)cc2)cc1. The molecule has 0 unspecified atom stereocenters. The van der Waals surface area contributed by atoms with Gasteiger partial charge in [0.2, 0.25) is 0 Å². The first-order chi connectivity index (χ1) is 23.3. The van der Waals surface area contributed by atoms with Gasteiger partial charge in [-0.15, -0.1) is 0 Å². The quantitative estimate of drug-likeness (QED) is 0.146. The number of rotatable bonds is 6. The summed E-state index contributed by atoms with van der Waals surface area (Å²) in [5, 5.41) is 0. The van der Waals surface area contributed by atoms with Crippen molar-refractivity contribution >= 4 is 136 Å². The minimum atomic E-state index is 1.20. The minimum Gasteiger partial charge on any atom is -0.0533 e. The Labute approximate surface area is 363 Å². The lowest BCUT2D eigenvalue weighted by Gasteiger charge is -2.29. The van der Waals surface area contributed by atoms with Gasteiger partial charge in [-0.2, -0.15) is 0 Å². The Balaban J connectivity index is 1.81. The monoisotopic (exact) mass is 1290 g/mol. The molecular weight excluding hydrogens is 1270 g/mol. The van der Waals surface area contributed by atoms with Crippen molar-refractivity contribution in [2.75, 3.05) is 0 Å². The molecule has 7 rings (SSSR count). The van der Waals surface area contributed by atoms with Gasteiger partial charge in [-0.3, -0.25) is 0 Å². The first-order valence-electron chi connectivity index (χ1n) is 15.1. The third-order valence-corrected chi connectivity index (χ3v) is 12.6. The highest BCUT2D eigenvalue weighted by Gasteiger charge is 2.29. The summed E-state index contributed by atoms with van der Waals surface area (Å²) in [6.45, 7) is 0. The summed E-state index contributed by atoms with van der Waals surface area (Å²) in [6.07, 6.45) is 0. The molecular formula is C42H24I6. The second-order valence-corrected chi connectivity index (χ2v) is 18.8. The summed E-state index contributed by atoms with van der Waals surface area (Å²) >= 11 is 14.5. The second kappa shape index (κ2) is 15.7. The zero-order chi connectivity index (χ0) is 33.4. The largest absolute Gasteiger partial charge is 0.0533 e. The van der Waals surface area contributed by atoms with Crippen molar-refractivity contribution in [2.24, 2.45) is 0 Å². The normalized spacial score (nSPS) is 11.1. The molecule has 0 aliphatic carbocycles. The van der Waals surface area contributed by atoms with E-state index < -0.39 is 0 Å². The van der Waals surface area contributed by atoms with Crippen molar-refractivity contribution in [2.45, 2.75) is 0 Å². The maximum Gasteiger partial charge on any atom is 0.0130 e. The van der Waals surface area contributed by atoms with Crippen LogP contribution in [-0.4, -0.2) is 0 Å². The summed E-state index contributed by atoms with van der Waals surface area (Å²) in [6, 6.07) is 54.3. The molecule has 0 nitrogen and oxygen atoms in total. The first kappa shape index (κ1) is 35.3. The molecule has 7 aromatic rings. The molecule has 0 saturated carbocycles. The Kier molecular flexibility index (Phi) is 11.5. The van der Waals surface area contributed by atoms with E-state index in [1.165, 1.54) is 88.2 Å². The van der Waals surface area contributed by atoms with Gasteiger partial charge in [-0.25, -0.2) is 0 Å². The van der Waals surface area contributed by atoms with Crippen LogP contribution in [0.5, 0.6) is 0 Å². The molecule has 0 radical (unpaired) electrons. The Morgan fingerprint density at radius 1 is 0.167 bits per heavy atom. The van der Waals surface area contributed by atoms with Crippen LogP contribution in [0.2, 0.25) is 0 Å². The van der Waals surface area contributed by atoms with Gasteiger partial charge in [0.15, 0.2) is 0 Å². The number of halogens is 6. The molecule has 0 N–H and O–H groups in total. The molecule has 0 bridgehead atoms. The highest BCUT2D eigenvalue weighted by molar-refractivity contribution is 14.1. The molecule has 0 fully saturated rings. The van der Waals surface area contributed by atoms with E-state index in [0.29, 0.717) is 0 Å². The summed E-state index contributed by atoms with van der Waals surface area (Å²) in [7, 11) is 0. The van der Waals surface area contributed by atoms with Crippen LogP contribution in [0.4, 0.5) is 0 Å². The average Bonchev–Trinajstić information content (AvgIpc) is 3.10. The fraction of sp³-hybridized carbons (Fsp3) is 0. The van der Waals surface area contributed by atoms with Gasteiger partial charge < -0.3 is 0 Å². The highest BCUT2D eigenvalue weighted by Crippen LogP contribution is 2.56. The predicted octanol–water partition coefficient (Wildman–Crippen LogP) is 15.3. The summed E-state index contributed by atoms with van der Waals surface area (Å²) < 4.78 is 7.30. The van der Waals surface area contributed by atoms with Crippen molar-refractivity contribution < 1.29 is 0 Å². The van der Waals surface area contributed by atoms with Crippen molar-refractivity contribution in [3.63, 3.8) is 0 Å². The van der Waals surface area contributed by atoms with E-state index in [2.05, 4.69) is 281 Å². The minimum absolute atomic E-state index is 1.20. The van der Waals surface area contributed by atoms with E-state index in [0.717, 1.165) is 0 Å². The fourth-order valence-electron chi connectivity index (χ4n) is 6.18. The summed E-state index contributed by atoms with van der Waals surface area (Å²) in [5.41, 5.74) is 14.6. The molecule has 0 aliphatic rings. The Morgan fingerprint density at radius 3 is 0.375 bits per heavy atom. The zero-order valence-electron chi connectivity index (χ0n) is 25.1. The maximum atomic E-state index is 2.41. The Morgan fingerprint density at radius 2 is 0.271 bits per heavy atom. The van der Waals surface area contributed by atoms with Crippen LogP contribution in [-0.2, 0) is 0 Å². The molecule has 48 heavy (non-hydrogen) atoms. The van der Waals surface area contributed by atoms with Crippen molar-refractivity contribution in [1.29, 1.82) is 0 Å². The molecule has 0 amide bonds. The molecule has 0 spiro atoms. The second-order valence-electron chi connectivity index (χ2n) is 11.3. The lowest BCUT2D eigenvalue weighted by molar-refractivity contribution is 1.49. The molecule has 0 aromatic heterocycles. The number of benzene rings is 7. The third-order valence-electron chi connectivity index (χ3n) is 8.30. The summed E-state index contributed by atoms with van der Waals surface area (Å²) in [5.74, 6) is 0. The van der Waals surface area contributed by atoms with Crippen LogP contribution in [0.25, 0.3) is 66.8 Å². The molecule has 0 saturated heterocycles. The Hall–Kier alpha value is -1.08. The van der Waals surface area contributed by atoms with E-state index >= 15 is 0 Å². The topological polar surface area (TPSA) is 0 Å². The van der Waals surface area contributed by atoms with Gasteiger partial charge in [0.1, 0.15) is 0 Å². The molecule has 7 aromatic carbocycles. The third kappa shape index (κ3) is 7.58. The molecule has 6 heteroatoms. The van der Waals surface area contributed by atoms with E-state index in [9.17, 15) is 0 Å². The molecule has 0 aliphatic heterocycles. The maximum absolute atomic E-state index is 2.41. The van der Waals surface area contributed by atoms with Gasteiger partial charge in [0, 0.05) is 21.4 Å². The van der Waals surface area contributed by atoms with Crippen molar-refractivity contribution in [3.05, 3.63) is 167 Å².